The van der Waals surface area contributed by atoms with E-state index in [0.29, 0.717) is 120 Å². The van der Waals surface area contributed by atoms with Gasteiger partial charge in [-0.3, -0.25) is 19.2 Å². The molecule has 19 nitrogen and oxygen atoms in total. The molecule has 2 aliphatic heterocycles. The normalized spacial score (nSPS) is 15.9. The first kappa shape index (κ1) is 53.0. The predicted molar refractivity (Wildman–Crippen MR) is 264 cm³/mol. The second-order valence-electron chi connectivity index (χ2n) is 16.3. The van der Waals surface area contributed by atoms with Crippen molar-refractivity contribution in [2.24, 2.45) is 0 Å². The van der Waals surface area contributed by atoms with Gasteiger partial charge in [-0.2, -0.15) is 16.7 Å². The van der Waals surface area contributed by atoms with Crippen molar-refractivity contribution in [2.45, 2.75) is 88.5 Å². The van der Waals surface area contributed by atoms with Crippen LogP contribution in [0.3, 0.4) is 0 Å². The number of thioether (sulfide) groups is 1. The Hall–Kier alpha value is -5.96. The topological polar surface area (TPSA) is 244 Å². The van der Waals surface area contributed by atoms with Gasteiger partial charge in [-0.15, -0.1) is 0 Å². The Morgan fingerprint density at radius 2 is 1.34 bits per heavy atom. The van der Waals surface area contributed by atoms with Gasteiger partial charge in [-0.25, -0.2) is 9.78 Å². The van der Waals surface area contributed by atoms with E-state index in [2.05, 4.69) is 59.1 Å². The minimum absolute atomic E-state index is 0.0618. The Labute approximate surface area is 403 Å². The van der Waals surface area contributed by atoms with Gasteiger partial charge in [0.2, 0.25) is 29.6 Å². The van der Waals surface area contributed by atoms with E-state index in [1.54, 1.807) is 18.3 Å². The highest BCUT2D eigenvalue weighted by atomic mass is 32.2. The second-order valence-corrected chi connectivity index (χ2v) is 17.6. The average Bonchev–Trinajstić information content (AvgIpc) is 3.89. The van der Waals surface area contributed by atoms with Crippen LogP contribution in [0.5, 0.6) is 5.75 Å². The molecule has 68 heavy (non-hydrogen) atoms. The molecule has 0 spiro atoms. The molecule has 2 aromatic carbocycles. The van der Waals surface area contributed by atoms with Gasteiger partial charge in [0, 0.05) is 98.0 Å². The van der Waals surface area contributed by atoms with E-state index in [1.165, 1.54) is 6.08 Å². The van der Waals surface area contributed by atoms with Crippen molar-refractivity contribution < 1.29 is 42.9 Å². The highest BCUT2D eigenvalue weighted by Gasteiger charge is 2.42. The minimum Gasteiger partial charge on any atom is -0.493 e. The van der Waals surface area contributed by atoms with E-state index in [9.17, 15) is 24.0 Å². The maximum absolute atomic E-state index is 12.3. The van der Waals surface area contributed by atoms with Crippen LogP contribution in [0, 0.1) is 6.92 Å². The molecule has 0 aliphatic carbocycles. The number of unbranched alkanes of at least 4 members (excludes halogenated alkanes) is 1. The molecule has 0 saturated carbocycles. The molecule has 2 unspecified atom stereocenters. The monoisotopic (exact) mass is 960 g/mol. The number of carbonyl (C=O) groups is 5. The van der Waals surface area contributed by atoms with E-state index in [4.69, 9.17) is 18.9 Å². The number of ether oxygens (including phenoxy) is 4. The standard InChI is InChI=1S/C48H68N10O9S/c1-3-41(59)53-35-12-6-13-36(30-35)54-46-34(2)32-52-47(58-46)55-37-14-7-15-38(31-37)67-25-11-22-51-44(62)19-8-18-43(61)50-21-10-24-65-27-29-66-28-26-64-23-9-20-49-42(60)17-5-4-16-40-45-39(33-68-40)56-48(63)57-45/h3,6-7,12-15,30-32,39-40,45H,1,4-5,8-11,16-29,33H2,2H3,(H,49,60)(H,50,61)(H,51,62)(H,53,59)(H2,56,57,63)(H2,52,54,55,58)/t39?,40-,45?/m1/s1. The van der Waals surface area contributed by atoms with Gasteiger partial charge in [0.25, 0.3) is 0 Å². The average molecular weight is 961 g/mol. The summed E-state index contributed by atoms with van der Waals surface area (Å²) in [7, 11) is 0. The molecule has 5 rings (SSSR count). The Kier molecular flexibility index (Phi) is 23.7. The zero-order chi connectivity index (χ0) is 48.2. The van der Waals surface area contributed by atoms with Crippen molar-refractivity contribution in [3.8, 4) is 5.75 Å². The van der Waals surface area contributed by atoms with Crippen molar-refractivity contribution in [1.82, 2.24) is 36.6 Å². The van der Waals surface area contributed by atoms with Gasteiger partial charge in [-0.1, -0.05) is 25.1 Å². The molecule has 6 amide bonds. The van der Waals surface area contributed by atoms with Crippen LogP contribution in [0.1, 0.15) is 69.8 Å². The number of hydrogen-bond acceptors (Lipinski definition) is 14. The van der Waals surface area contributed by atoms with Gasteiger partial charge < -0.3 is 61.5 Å². The van der Waals surface area contributed by atoms with Gasteiger partial charge >= 0.3 is 6.03 Å². The zero-order valence-corrected chi connectivity index (χ0v) is 39.9. The summed E-state index contributed by atoms with van der Waals surface area (Å²) in [5, 5.41) is 24.3. The van der Waals surface area contributed by atoms with E-state index in [1.807, 2.05) is 55.1 Å². The first-order valence-corrected chi connectivity index (χ1v) is 24.6. The summed E-state index contributed by atoms with van der Waals surface area (Å²) in [6, 6.07) is 15.1. The van der Waals surface area contributed by atoms with E-state index in [0.717, 1.165) is 48.4 Å². The van der Waals surface area contributed by atoms with Crippen molar-refractivity contribution in [2.75, 3.05) is 87.6 Å². The number of fused-ring (bicyclic) bond motifs is 1. The Balaban J connectivity index is 0.775. The summed E-state index contributed by atoms with van der Waals surface area (Å²) in [4.78, 5) is 68.9. The van der Waals surface area contributed by atoms with Crippen LogP contribution in [-0.4, -0.2) is 129 Å². The predicted octanol–water partition coefficient (Wildman–Crippen LogP) is 5.24. The number of nitrogens with zero attached hydrogens (tertiary/aromatic N) is 2. The summed E-state index contributed by atoms with van der Waals surface area (Å²) in [6.45, 7) is 10.2. The SMILES string of the molecule is C=CC(=O)Nc1cccc(Nc2nc(Nc3cccc(OCCCNC(=O)CCCC(=O)NCCCOCCOCCOCCCNC(=O)CCCC[C@H]4SCC5NC(=O)NC54)c3)ncc2C)c1. The molecular weight excluding hydrogens is 893 g/mol. The number of amides is 6. The maximum atomic E-state index is 12.3. The van der Waals surface area contributed by atoms with E-state index < -0.39 is 0 Å². The number of aryl methyl sites for hydroxylation is 1. The van der Waals surface area contributed by atoms with Crippen LogP contribution >= 0.6 is 11.8 Å². The summed E-state index contributed by atoms with van der Waals surface area (Å²) in [5.74, 6) is 2.16. The van der Waals surface area contributed by atoms with Gasteiger partial charge in [0.05, 0.1) is 45.1 Å². The zero-order valence-electron chi connectivity index (χ0n) is 39.0. The lowest BCUT2D eigenvalue weighted by molar-refractivity contribution is -0.123. The Bertz CT molecular complexity index is 2080. The molecule has 370 valence electrons. The first-order valence-electron chi connectivity index (χ1n) is 23.5. The minimum atomic E-state index is -0.296. The lowest BCUT2D eigenvalue weighted by Gasteiger charge is -2.16. The summed E-state index contributed by atoms with van der Waals surface area (Å²) in [5.41, 5.74) is 2.94. The number of nitrogens with one attached hydrogen (secondary N) is 8. The molecule has 1 aromatic heterocycles. The number of aromatic nitrogens is 2. The highest BCUT2D eigenvalue weighted by molar-refractivity contribution is 8.00. The first-order chi connectivity index (χ1) is 33.1. The van der Waals surface area contributed by atoms with Crippen LogP contribution in [0.15, 0.2) is 67.4 Å². The molecule has 3 heterocycles. The van der Waals surface area contributed by atoms with Crippen LogP contribution in [0.2, 0.25) is 0 Å². The Morgan fingerprint density at radius 1 is 0.735 bits per heavy atom. The van der Waals surface area contributed by atoms with Crippen molar-refractivity contribution in [3.05, 3.63) is 72.9 Å². The third-order valence-corrected chi connectivity index (χ3v) is 12.3. The molecule has 0 bridgehead atoms. The number of hydrogen-bond donors (Lipinski definition) is 8. The molecule has 2 aliphatic rings. The van der Waals surface area contributed by atoms with Gasteiger partial charge in [-0.05, 0) is 81.9 Å². The van der Waals surface area contributed by atoms with Crippen LogP contribution in [-0.2, 0) is 33.4 Å². The molecular formula is C48H68N10O9S. The lowest BCUT2D eigenvalue weighted by Crippen LogP contribution is -2.36. The van der Waals surface area contributed by atoms with E-state index in [-0.39, 0.29) is 54.6 Å². The van der Waals surface area contributed by atoms with Crippen LogP contribution < -0.4 is 47.3 Å². The summed E-state index contributed by atoms with van der Waals surface area (Å²) in [6.07, 6.45) is 9.26. The van der Waals surface area contributed by atoms with E-state index >= 15 is 0 Å². The quantitative estimate of drug-likeness (QED) is 0.0217. The molecule has 2 saturated heterocycles. The molecule has 8 N–H and O–H groups in total. The van der Waals surface area contributed by atoms with Crippen molar-refractivity contribution >= 4 is 70.3 Å². The third-order valence-electron chi connectivity index (χ3n) is 10.8. The molecule has 2 fully saturated rings. The molecule has 20 heteroatoms. The lowest BCUT2D eigenvalue weighted by atomic mass is 10.0. The fourth-order valence-electron chi connectivity index (χ4n) is 7.21. The smallest absolute Gasteiger partial charge is 0.315 e. The number of anilines is 5. The largest absolute Gasteiger partial charge is 0.493 e. The third kappa shape index (κ3) is 20.5. The summed E-state index contributed by atoms with van der Waals surface area (Å²) < 4.78 is 22.6. The number of rotatable bonds is 34. The van der Waals surface area contributed by atoms with Crippen molar-refractivity contribution in [3.63, 3.8) is 0 Å². The molecule has 0 radical (unpaired) electrons. The highest BCUT2D eigenvalue weighted by Crippen LogP contribution is 2.33. The molecule has 3 atom stereocenters. The molecule has 3 aromatic rings. The fourth-order valence-corrected chi connectivity index (χ4v) is 8.75. The fraction of sp³-hybridized carbons (Fsp3) is 0.521. The maximum Gasteiger partial charge on any atom is 0.315 e. The number of carbonyl (C=O) groups excluding carboxylic acids is 5. The number of benzene rings is 2. The Morgan fingerprint density at radius 3 is 2.01 bits per heavy atom. The van der Waals surface area contributed by atoms with Crippen LogP contribution in [0.25, 0.3) is 0 Å². The number of urea groups is 1. The summed E-state index contributed by atoms with van der Waals surface area (Å²) >= 11 is 1.90. The second kappa shape index (κ2) is 30.4. The van der Waals surface area contributed by atoms with Gasteiger partial charge in [0.15, 0.2) is 0 Å². The van der Waals surface area contributed by atoms with Gasteiger partial charge in [0.1, 0.15) is 11.6 Å². The van der Waals surface area contributed by atoms with Crippen molar-refractivity contribution in [1.29, 1.82) is 0 Å². The van der Waals surface area contributed by atoms with Crippen LogP contribution in [0.4, 0.5) is 33.6 Å².